The van der Waals surface area contributed by atoms with Crippen LogP contribution in [0.15, 0.2) is 24.3 Å². The lowest BCUT2D eigenvalue weighted by Gasteiger charge is -2.28. The van der Waals surface area contributed by atoms with E-state index in [1.807, 2.05) is 24.3 Å². The van der Waals surface area contributed by atoms with Crippen molar-refractivity contribution in [3.8, 4) is 0 Å². The van der Waals surface area contributed by atoms with E-state index in [9.17, 15) is 0 Å². The smallest absolute Gasteiger partial charge is 0.224 e. The van der Waals surface area contributed by atoms with Crippen LogP contribution in [0, 0.1) is 0 Å². The number of carbonyl (C=O) groups is 1. The number of benzene rings is 1. The summed E-state index contributed by atoms with van der Waals surface area (Å²) in [5, 5.41) is 1.34. The van der Waals surface area contributed by atoms with Gasteiger partial charge in [-0.3, -0.25) is 0 Å². The fraction of sp³-hybridized carbons (Fsp3) is 0.357. The minimum Gasteiger partial charge on any atom is -0.378 e. The zero-order chi connectivity index (χ0) is 14.4. The molecule has 0 aliphatic carbocycles. The molecule has 0 bridgehead atoms. The molecule has 0 radical (unpaired) electrons. The van der Waals surface area contributed by atoms with Crippen molar-refractivity contribution in [3.05, 3.63) is 29.5 Å². The quantitative estimate of drug-likeness (QED) is 0.596. The number of morpholine rings is 1. The van der Waals surface area contributed by atoms with Crippen LogP contribution in [0.25, 0.3) is 10.9 Å². The second-order valence-corrected chi connectivity index (χ2v) is 4.51. The summed E-state index contributed by atoms with van der Waals surface area (Å²) < 4.78 is 5.35. The van der Waals surface area contributed by atoms with Crippen LogP contribution in [0.5, 0.6) is 0 Å². The monoisotopic (exact) mass is 293 g/mol. The maximum atomic E-state index is 8.81. The first-order valence-corrected chi connectivity index (χ1v) is 6.79. The van der Waals surface area contributed by atoms with Gasteiger partial charge < -0.3 is 14.4 Å². The Bertz CT molecular complexity index is 586. The maximum absolute atomic E-state index is 8.81. The second kappa shape index (κ2) is 7.17. The van der Waals surface area contributed by atoms with Crippen molar-refractivity contribution >= 4 is 34.6 Å². The lowest BCUT2D eigenvalue weighted by Crippen LogP contribution is -2.37. The normalized spacial score (nSPS) is 14.6. The summed E-state index contributed by atoms with van der Waals surface area (Å²) in [6.45, 7) is 4.60. The molecule has 20 heavy (non-hydrogen) atoms. The molecule has 1 aliphatic heterocycles. The first kappa shape index (κ1) is 14.7. The summed E-state index contributed by atoms with van der Waals surface area (Å²) in [6.07, 6.45) is 0.750. The number of fused-ring (bicyclic) bond motifs is 1. The molecule has 6 heteroatoms. The van der Waals surface area contributed by atoms with Crippen LogP contribution in [0.1, 0.15) is 6.92 Å². The number of rotatable bonds is 1. The van der Waals surface area contributed by atoms with E-state index in [1.165, 1.54) is 6.92 Å². The van der Waals surface area contributed by atoms with Crippen molar-refractivity contribution in [2.24, 2.45) is 0 Å². The van der Waals surface area contributed by atoms with Crippen LogP contribution in [-0.4, -0.2) is 42.6 Å². The molecule has 0 atom stereocenters. The number of halogens is 1. The van der Waals surface area contributed by atoms with E-state index in [2.05, 4.69) is 14.9 Å². The largest absolute Gasteiger partial charge is 0.378 e. The van der Waals surface area contributed by atoms with E-state index in [1.54, 1.807) is 0 Å². The van der Waals surface area contributed by atoms with E-state index in [0.29, 0.717) is 5.28 Å². The molecule has 2 heterocycles. The molecule has 1 aromatic heterocycles. The van der Waals surface area contributed by atoms with E-state index in [-0.39, 0.29) is 0 Å². The average Bonchev–Trinajstić information content (AvgIpc) is 2.48. The Morgan fingerprint density at radius 2 is 1.90 bits per heavy atom. The highest BCUT2D eigenvalue weighted by Gasteiger charge is 2.16. The van der Waals surface area contributed by atoms with Gasteiger partial charge in [-0.2, -0.15) is 4.98 Å². The Balaban J connectivity index is 0.000000452. The van der Waals surface area contributed by atoms with Crippen molar-refractivity contribution in [1.29, 1.82) is 0 Å². The number of ether oxygens (including phenoxy) is 1. The van der Waals surface area contributed by atoms with E-state index >= 15 is 0 Å². The number of anilines is 1. The molecule has 1 saturated heterocycles. The summed E-state index contributed by atoms with van der Waals surface area (Å²) in [5.41, 5.74) is 0.883. The van der Waals surface area contributed by atoms with Crippen molar-refractivity contribution in [1.82, 2.24) is 9.97 Å². The summed E-state index contributed by atoms with van der Waals surface area (Å²) in [4.78, 5) is 19.6. The van der Waals surface area contributed by atoms with Crippen molar-refractivity contribution in [2.75, 3.05) is 31.2 Å². The number of aldehydes is 1. The number of aromatic nitrogens is 2. The van der Waals surface area contributed by atoms with Crippen molar-refractivity contribution < 1.29 is 9.53 Å². The van der Waals surface area contributed by atoms with E-state index < -0.39 is 0 Å². The van der Waals surface area contributed by atoms with Crippen molar-refractivity contribution in [2.45, 2.75) is 6.92 Å². The molecule has 1 aromatic carbocycles. The van der Waals surface area contributed by atoms with E-state index in [4.69, 9.17) is 21.1 Å². The van der Waals surface area contributed by atoms with Crippen LogP contribution in [-0.2, 0) is 9.53 Å². The molecule has 2 aromatic rings. The Kier molecular flexibility index (Phi) is 5.26. The molecule has 1 fully saturated rings. The van der Waals surface area contributed by atoms with Gasteiger partial charge in [0.25, 0.3) is 0 Å². The Morgan fingerprint density at radius 3 is 2.60 bits per heavy atom. The lowest BCUT2D eigenvalue weighted by atomic mass is 10.2. The third-order valence-corrected chi connectivity index (χ3v) is 3.04. The molecular formula is C14H16ClN3O2. The van der Waals surface area contributed by atoms with Gasteiger partial charge in [-0.05, 0) is 30.7 Å². The Labute approximate surface area is 122 Å². The number of hydrogen-bond acceptors (Lipinski definition) is 5. The predicted octanol–water partition coefficient (Wildman–Crippen LogP) is 2.33. The molecule has 0 amide bonds. The molecule has 5 nitrogen and oxygen atoms in total. The lowest BCUT2D eigenvalue weighted by molar-refractivity contribution is -0.106. The van der Waals surface area contributed by atoms with E-state index in [0.717, 1.165) is 49.3 Å². The zero-order valence-corrected chi connectivity index (χ0v) is 12.0. The van der Waals surface area contributed by atoms with Crippen LogP contribution >= 0.6 is 11.6 Å². The SMILES string of the molecule is CC=O.Clc1nc(N2CCOCC2)c2ccccc2n1. The molecule has 1 aliphatic rings. The third kappa shape index (κ3) is 3.43. The molecule has 0 N–H and O–H groups in total. The summed E-state index contributed by atoms with van der Waals surface area (Å²) >= 11 is 5.96. The standard InChI is InChI=1S/C12H12ClN3O.C2H4O/c13-12-14-10-4-2-1-3-9(10)11(15-12)16-5-7-17-8-6-16;1-2-3/h1-4H,5-8H2;2H,1H3. The summed E-state index contributed by atoms with van der Waals surface area (Å²) in [6, 6.07) is 7.92. The highest BCUT2D eigenvalue weighted by molar-refractivity contribution is 6.28. The summed E-state index contributed by atoms with van der Waals surface area (Å²) in [5.74, 6) is 0.906. The first-order valence-electron chi connectivity index (χ1n) is 6.41. The van der Waals surface area contributed by atoms with Crippen LogP contribution in [0.3, 0.4) is 0 Å². The van der Waals surface area contributed by atoms with Crippen LogP contribution < -0.4 is 4.90 Å². The molecule has 106 valence electrons. The van der Waals surface area contributed by atoms with Gasteiger partial charge in [-0.15, -0.1) is 0 Å². The van der Waals surface area contributed by atoms with Gasteiger partial charge in [0.1, 0.15) is 12.1 Å². The molecule has 0 unspecified atom stereocenters. The minimum absolute atomic E-state index is 0.296. The van der Waals surface area contributed by atoms with Gasteiger partial charge >= 0.3 is 0 Å². The number of para-hydroxylation sites is 1. The molecular weight excluding hydrogens is 278 g/mol. The number of carbonyl (C=O) groups excluding carboxylic acids is 1. The molecule has 3 rings (SSSR count). The fourth-order valence-electron chi connectivity index (χ4n) is 2.05. The Morgan fingerprint density at radius 1 is 1.25 bits per heavy atom. The van der Waals surface area contributed by atoms with Gasteiger partial charge in [-0.1, -0.05) is 12.1 Å². The van der Waals surface area contributed by atoms with Crippen LogP contribution in [0.4, 0.5) is 5.82 Å². The highest BCUT2D eigenvalue weighted by atomic mass is 35.5. The third-order valence-electron chi connectivity index (χ3n) is 2.87. The number of hydrogen-bond donors (Lipinski definition) is 0. The minimum atomic E-state index is 0.296. The zero-order valence-electron chi connectivity index (χ0n) is 11.3. The van der Waals surface area contributed by atoms with Gasteiger partial charge in [0, 0.05) is 18.5 Å². The predicted molar refractivity (Wildman–Crippen MR) is 79.3 cm³/mol. The maximum Gasteiger partial charge on any atom is 0.224 e. The first-order chi connectivity index (χ1) is 9.76. The topological polar surface area (TPSA) is 55.3 Å². The van der Waals surface area contributed by atoms with Gasteiger partial charge in [0.2, 0.25) is 5.28 Å². The summed E-state index contributed by atoms with van der Waals surface area (Å²) in [7, 11) is 0. The molecule has 0 spiro atoms. The van der Waals surface area contributed by atoms with Crippen LogP contribution in [0.2, 0.25) is 5.28 Å². The fourth-order valence-corrected chi connectivity index (χ4v) is 2.22. The Hall–Kier alpha value is -1.72. The highest BCUT2D eigenvalue weighted by Crippen LogP contribution is 2.25. The van der Waals surface area contributed by atoms with Gasteiger partial charge in [0.15, 0.2) is 0 Å². The second-order valence-electron chi connectivity index (χ2n) is 4.17. The number of nitrogens with zero attached hydrogens (tertiary/aromatic N) is 3. The van der Waals surface area contributed by atoms with Gasteiger partial charge in [0.05, 0.1) is 18.7 Å². The van der Waals surface area contributed by atoms with Crippen molar-refractivity contribution in [3.63, 3.8) is 0 Å². The molecule has 0 saturated carbocycles. The average molecular weight is 294 g/mol. The van der Waals surface area contributed by atoms with Gasteiger partial charge in [-0.25, -0.2) is 4.98 Å².